The number of alkyl halides is 3. The van der Waals surface area contributed by atoms with Crippen LogP contribution in [0.2, 0.25) is 0 Å². The van der Waals surface area contributed by atoms with Gasteiger partial charge in [0, 0.05) is 43.3 Å². The molecular weight excluding hydrogens is 447 g/mol. The summed E-state index contributed by atoms with van der Waals surface area (Å²) in [5.41, 5.74) is 2.94. The van der Waals surface area contributed by atoms with Crippen molar-refractivity contribution in [1.82, 2.24) is 20.1 Å². The van der Waals surface area contributed by atoms with Crippen LogP contribution in [0, 0.1) is 0 Å². The Bertz CT molecular complexity index is 1400. The van der Waals surface area contributed by atoms with E-state index in [4.69, 9.17) is 4.52 Å². The highest BCUT2D eigenvalue weighted by Crippen LogP contribution is 2.36. The van der Waals surface area contributed by atoms with Crippen LogP contribution in [-0.2, 0) is 19.0 Å². The van der Waals surface area contributed by atoms with Crippen LogP contribution in [-0.4, -0.2) is 31.6 Å². The molecule has 170 valence electrons. The van der Waals surface area contributed by atoms with Gasteiger partial charge in [-0.3, -0.25) is 9.78 Å². The molecule has 0 radical (unpaired) electrons. The molecule has 0 amide bonds. The number of carbonyl (C=O) groups is 1. The number of halogens is 3. The molecule has 0 bridgehead atoms. The predicted octanol–water partition coefficient (Wildman–Crippen LogP) is 5.04. The molecule has 10 heteroatoms. The van der Waals surface area contributed by atoms with Gasteiger partial charge in [0.25, 0.3) is 0 Å². The first-order chi connectivity index (χ1) is 16.4. The second-order valence-electron chi connectivity index (χ2n) is 7.71. The van der Waals surface area contributed by atoms with Crippen LogP contribution < -0.4 is 0 Å². The Kier molecular flexibility index (Phi) is 5.48. The summed E-state index contributed by atoms with van der Waals surface area (Å²) in [6.07, 6.45) is 0.908. The average Bonchev–Trinajstić information content (AvgIpc) is 3.49. The molecule has 0 N–H and O–H groups in total. The highest BCUT2D eigenvalue weighted by molar-refractivity contribution is 6.04. The smallest absolute Gasteiger partial charge is 0.355 e. The molecule has 1 aliphatic rings. The lowest BCUT2D eigenvalue weighted by Gasteiger charge is -2.07. The molecule has 3 aromatic heterocycles. The van der Waals surface area contributed by atoms with Crippen LogP contribution in [0.15, 0.2) is 70.7 Å². The number of hydrogen-bond donors (Lipinski definition) is 0. The summed E-state index contributed by atoms with van der Waals surface area (Å²) in [6, 6.07) is 10.4. The monoisotopic (exact) mass is 463 g/mol. The van der Waals surface area contributed by atoms with Gasteiger partial charge in [0.1, 0.15) is 12.0 Å². The lowest BCUT2D eigenvalue weighted by atomic mass is 10.0. The largest absolute Gasteiger partial charge is 0.416 e. The molecule has 0 aliphatic carbocycles. The Hall–Kier alpha value is -4.21. The van der Waals surface area contributed by atoms with Crippen LogP contribution in [0.1, 0.15) is 39.5 Å². The first kappa shape index (κ1) is 21.6. The third-order valence-electron chi connectivity index (χ3n) is 5.38. The molecule has 1 aromatic carbocycles. The van der Waals surface area contributed by atoms with E-state index in [0.717, 1.165) is 17.7 Å². The molecule has 34 heavy (non-hydrogen) atoms. The number of carbonyl (C=O) groups excluding carboxylic acids is 1. The number of benzene rings is 1. The topological polar surface area (TPSA) is 94.1 Å². The van der Waals surface area contributed by atoms with Crippen molar-refractivity contribution in [3.05, 3.63) is 89.5 Å². The number of aryl methyl sites for hydroxylation is 1. The van der Waals surface area contributed by atoms with Gasteiger partial charge in [-0.15, -0.1) is 0 Å². The summed E-state index contributed by atoms with van der Waals surface area (Å²) >= 11 is 0. The number of rotatable bonds is 6. The number of aromatic nitrogens is 4. The summed E-state index contributed by atoms with van der Waals surface area (Å²) in [4.78, 5) is 29.3. The minimum Gasteiger partial charge on any atom is -0.355 e. The number of fused-ring (bicyclic) bond motifs is 1. The number of ketones is 1. The zero-order valence-electron chi connectivity index (χ0n) is 17.6. The van der Waals surface area contributed by atoms with Crippen molar-refractivity contribution >= 4 is 17.2 Å². The van der Waals surface area contributed by atoms with Crippen molar-refractivity contribution in [1.29, 1.82) is 0 Å². The third-order valence-corrected chi connectivity index (χ3v) is 5.38. The van der Waals surface area contributed by atoms with E-state index in [-0.39, 0.29) is 24.3 Å². The second-order valence-corrected chi connectivity index (χ2v) is 7.71. The summed E-state index contributed by atoms with van der Waals surface area (Å²) in [7, 11) is 0. The zero-order valence-corrected chi connectivity index (χ0v) is 17.6. The third kappa shape index (κ3) is 4.47. The number of aliphatic imine (C=N–C) groups is 1. The standard InChI is InChI=1S/C24H16F3N5O2/c25-24(26,27)16-3-5-18-15(8-16)9-21(31-18)23-10-17(32-34-23)4-6-22(33)20-11-19(29-13-30-20)14-2-1-7-28-12-14/h1-3,5,7-8,10-13H,4,6,9H2. The molecule has 0 unspecified atom stereocenters. The Morgan fingerprint density at radius 2 is 1.97 bits per heavy atom. The van der Waals surface area contributed by atoms with Gasteiger partial charge in [-0.1, -0.05) is 5.16 Å². The lowest BCUT2D eigenvalue weighted by Crippen LogP contribution is -2.05. The Morgan fingerprint density at radius 1 is 1.09 bits per heavy atom. The van der Waals surface area contributed by atoms with E-state index in [1.54, 1.807) is 30.6 Å². The van der Waals surface area contributed by atoms with E-state index in [2.05, 4.69) is 25.1 Å². The summed E-state index contributed by atoms with van der Waals surface area (Å²) < 4.78 is 44.2. The van der Waals surface area contributed by atoms with Crippen molar-refractivity contribution < 1.29 is 22.5 Å². The van der Waals surface area contributed by atoms with Gasteiger partial charge in [0.15, 0.2) is 11.5 Å². The van der Waals surface area contributed by atoms with Crippen LogP contribution >= 0.6 is 0 Å². The molecular formula is C24H16F3N5O2. The minimum absolute atomic E-state index is 0.150. The minimum atomic E-state index is -4.41. The average molecular weight is 463 g/mol. The Morgan fingerprint density at radius 3 is 2.76 bits per heavy atom. The van der Waals surface area contributed by atoms with Crippen LogP contribution in [0.3, 0.4) is 0 Å². The van der Waals surface area contributed by atoms with Crippen molar-refractivity contribution in [3.63, 3.8) is 0 Å². The molecule has 1 aliphatic heterocycles. The van der Waals surface area contributed by atoms with Crippen molar-refractivity contribution in [2.24, 2.45) is 4.99 Å². The maximum absolute atomic E-state index is 13.0. The van der Waals surface area contributed by atoms with Crippen molar-refractivity contribution in [2.45, 2.75) is 25.4 Å². The van der Waals surface area contributed by atoms with Gasteiger partial charge in [-0.05, 0) is 42.0 Å². The van der Waals surface area contributed by atoms with E-state index in [1.807, 2.05) is 6.07 Å². The van der Waals surface area contributed by atoms with Gasteiger partial charge >= 0.3 is 6.18 Å². The molecule has 0 spiro atoms. The molecule has 4 aromatic rings. The first-order valence-electron chi connectivity index (χ1n) is 10.4. The number of pyridine rings is 1. The van der Waals surface area contributed by atoms with E-state index in [0.29, 0.717) is 40.5 Å². The maximum Gasteiger partial charge on any atom is 0.416 e. The SMILES string of the molecule is O=C(CCc1cc(C2=Nc3ccc(C(F)(F)F)cc3C2)on1)c1cc(-c2cccnc2)ncn1. The van der Waals surface area contributed by atoms with E-state index >= 15 is 0 Å². The molecule has 5 rings (SSSR count). The van der Waals surface area contributed by atoms with E-state index in [1.165, 1.54) is 12.4 Å². The predicted molar refractivity (Wildman–Crippen MR) is 116 cm³/mol. The Labute approximate surface area is 191 Å². The fourth-order valence-corrected chi connectivity index (χ4v) is 3.64. The van der Waals surface area contributed by atoms with E-state index in [9.17, 15) is 18.0 Å². The van der Waals surface area contributed by atoms with Gasteiger partial charge in [0.2, 0.25) is 0 Å². The number of nitrogens with zero attached hydrogens (tertiary/aromatic N) is 5. The van der Waals surface area contributed by atoms with Crippen LogP contribution in [0.25, 0.3) is 11.3 Å². The van der Waals surface area contributed by atoms with Gasteiger partial charge in [-0.25, -0.2) is 15.0 Å². The van der Waals surface area contributed by atoms with Crippen LogP contribution in [0.4, 0.5) is 18.9 Å². The normalized spacial score (nSPS) is 13.0. The van der Waals surface area contributed by atoms with Crippen LogP contribution in [0.5, 0.6) is 0 Å². The van der Waals surface area contributed by atoms with Gasteiger partial charge in [0.05, 0.1) is 28.4 Å². The first-order valence-corrected chi connectivity index (χ1v) is 10.4. The van der Waals surface area contributed by atoms with Gasteiger partial charge in [-0.2, -0.15) is 13.2 Å². The molecule has 0 atom stereocenters. The molecule has 7 nitrogen and oxygen atoms in total. The highest BCUT2D eigenvalue weighted by atomic mass is 19.4. The molecule has 0 saturated carbocycles. The Balaban J connectivity index is 1.24. The lowest BCUT2D eigenvalue weighted by molar-refractivity contribution is -0.137. The van der Waals surface area contributed by atoms with Crippen molar-refractivity contribution in [3.8, 4) is 11.3 Å². The zero-order chi connectivity index (χ0) is 23.7. The van der Waals surface area contributed by atoms with Gasteiger partial charge < -0.3 is 4.52 Å². The summed E-state index contributed by atoms with van der Waals surface area (Å²) in [6.45, 7) is 0. The maximum atomic E-state index is 13.0. The fraction of sp³-hybridized carbons (Fsp3) is 0.167. The van der Waals surface area contributed by atoms with E-state index < -0.39 is 11.7 Å². The van der Waals surface area contributed by atoms with Crippen molar-refractivity contribution in [2.75, 3.05) is 0 Å². The number of hydrogen-bond acceptors (Lipinski definition) is 7. The molecule has 0 fully saturated rings. The quantitative estimate of drug-likeness (QED) is 0.372. The summed E-state index contributed by atoms with van der Waals surface area (Å²) in [5.74, 6) is 0.190. The number of Topliss-reactive ketones (excluding diaryl/α,β-unsaturated/α-hetero) is 1. The molecule has 4 heterocycles. The second kappa shape index (κ2) is 8.62. The molecule has 0 saturated heterocycles. The fourth-order valence-electron chi connectivity index (χ4n) is 3.64. The summed E-state index contributed by atoms with van der Waals surface area (Å²) in [5, 5.41) is 3.98. The highest BCUT2D eigenvalue weighted by Gasteiger charge is 2.32.